The zero-order chi connectivity index (χ0) is 23.6. The van der Waals surface area contributed by atoms with Crippen LogP contribution in [0.2, 0.25) is 0 Å². The van der Waals surface area contributed by atoms with Gasteiger partial charge in [-0.2, -0.15) is 5.10 Å². The summed E-state index contributed by atoms with van der Waals surface area (Å²) in [5.41, 5.74) is 2.26. The fourth-order valence-electron chi connectivity index (χ4n) is 3.84. The molecule has 1 unspecified atom stereocenters. The van der Waals surface area contributed by atoms with Crippen molar-refractivity contribution in [2.24, 2.45) is 5.92 Å². The SMILES string of the molecule is Cc1cc(C)n(-c2ccc(N3CCCC(C(=O)Nc4ccc(OC(F)(F)F)cc4)C3)nn2)n1. The molecule has 1 aliphatic rings. The summed E-state index contributed by atoms with van der Waals surface area (Å²) in [5, 5.41) is 15.8. The van der Waals surface area contributed by atoms with Gasteiger partial charge in [-0.25, -0.2) is 4.68 Å². The Morgan fingerprint density at radius 3 is 2.39 bits per heavy atom. The molecule has 1 atom stereocenters. The van der Waals surface area contributed by atoms with Gasteiger partial charge in [0.1, 0.15) is 5.75 Å². The molecule has 1 amide bonds. The topological polar surface area (TPSA) is 85.2 Å². The van der Waals surface area contributed by atoms with Gasteiger partial charge in [0.25, 0.3) is 0 Å². The molecular weight excluding hydrogens is 437 g/mol. The highest BCUT2D eigenvalue weighted by Gasteiger charge is 2.31. The second-order valence-electron chi connectivity index (χ2n) is 7.94. The summed E-state index contributed by atoms with van der Waals surface area (Å²) in [7, 11) is 0. The molecule has 3 heterocycles. The number of nitrogens with zero attached hydrogens (tertiary/aromatic N) is 5. The molecule has 1 fully saturated rings. The summed E-state index contributed by atoms with van der Waals surface area (Å²) >= 11 is 0. The Hall–Kier alpha value is -3.63. The van der Waals surface area contributed by atoms with E-state index in [-0.39, 0.29) is 17.6 Å². The van der Waals surface area contributed by atoms with Gasteiger partial charge >= 0.3 is 6.36 Å². The van der Waals surface area contributed by atoms with Crippen LogP contribution < -0.4 is 15.0 Å². The second-order valence-corrected chi connectivity index (χ2v) is 7.94. The lowest BCUT2D eigenvalue weighted by atomic mass is 9.97. The smallest absolute Gasteiger partial charge is 0.406 e. The van der Waals surface area contributed by atoms with E-state index in [9.17, 15) is 18.0 Å². The molecule has 1 N–H and O–H groups in total. The molecule has 4 rings (SSSR count). The fraction of sp³-hybridized carbons (Fsp3) is 0.364. The minimum atomic E-state index is -4.76. The summed E-state index contributed by atoms with van der Waals surface area (Å²) in [5.74, 6) is 0.464. The largest absolute Gasteiger partial charge is 0.573 e. The van der Waals surface area contributed by atoms with Gasteiger partial charge in [0.15, 0.2) is 11.6 Å². The number of benzene rings is 1. The molecule has 11 heteroatoms. The van der Waals surface area contributed by atoms with E-state index in [1.165, 1.54) is 12.1 Å². The first-order valence-corrected chi connectivity index (χ1v) is 10.5. The van der Waals surface area contributed by atoms with Gasteiger partial charge in [0.05, 0.1) is 11.6 Å². The van der Waals surface area contributed by atoms with E-state index in [0.717, 1.165) is 36.5 Å². The fourth-order valence-corrected chi connectivity index (χ4v) is 3.84. The zero-order valence-corrected chi connectivity index (χ0v) is 18.1. The summed E-state index contributed by atoms with van der Waals surface area (Å²) in [6.07, 6.45) is -3.25. The molecule has 0 aliphatic carbocycles. The number of hydrogen-bond acceptors (Lipinski definition) is 6. The van der Waals surface area contributed by atoms with Gasteiger partial charge in [-0.1, -0.05) is 0 Å². The lowest BCUT2D eigenvalue weighted by Crippen LogP contribution is -2.41. The van der Waals surface area contributed by atoms with Crippen molar-refractivity contribution in [2.45, 2.75) is 33.1 Å². The summed E-state index contributed by atoms with van der Waals surface area (Å²) in [6, 6.07) is 10.7. The van der Waals surface area contributed by atoms with Crippen LogP contribution in [0.3, 0.4) is 0 Å². The van der Waals surface area contributed by atoms with Crippen molar-refractivity contribution in [3.8, 4) is 11.6 Å². The third kappa shape index (κ3) is 5.60. The van der Waals surface area contributed by atoms with Crippen LogP contribution in [0.4, 0.5) is 24.7 Å². The molecule has 0 spiro atoms. The number of amides is 1. The number of halogens is 3. The number of ether oxygens (including phenoxy) is 1. The average molecular weight is 460 g/mol. The predicted octanol–water partition coefficient (Wildman–Crippen LogP) is 4.03. The molecule has 0 saturated carbocycles. The Kier molecular flexibility index (Phi) is 6.21. The first kappa shape index (κ1) is 22.6. The maximum absolute atomic E-state index is 12.7. The number of alkyl halides is 3. The highest BCUT2D eigenvalue weighted by atomic mass is 19.4. The van der Waals surface area contributed by atoms with E-state index < -0.39 is 6.36 Å². The maximum atomic E-state index is 12.7. The Labute approximate surface area is 188 Å². The number of rotatable bonds is 5. The van der Waals surface area contributed by atoms with Gasteiger partial charge < -0.3 is 15.0 Å². The van der Waals surface area contributed by atoms with Gasteiger partial charge in [0, 0.05) is 24.5 Å². The normalized spacial score (nSPS) is 16.5. The number of hydrogen-bond donors (Lipinski definition) is 1. The first-order chi connectivity index (χ1) is 15.7. The van der Waals surface area contributed by atoms with E-state index in [1.807, 2.05) is 36.9 Å². The van der Waals surface area contributed by atoms with Gasteiger partial charge in [-0.05, 0) is 69.2 Å². The molecule has 0 bridgehead atoms. The van der Waals surface area contributed by atoms with Crippen molar-refractivity contribution in [3.63, 3.8) is 0 Å². The van der Waals surface area contributed by atoms with Crippen LogP contribution in [0.25, 0.3) is 5.82 Å². The van der Waals surface area contributed by atoms with Crippen LogP contribution in [0, 0.1) is 19.8 Å². The van der Waals surface area contributed by atoms with Crippen molar-refractivity contribution < 1.29 is 22.7 Å². The standard InChI is InChI=1S/C22H23F3N6O2/c1-14-12-15(2)31(29-14)20-10-9-19(27-28-20)30-11-3-4-16(13-30)21(32)26-17-5-7-18(8-6-17)33-22(23,24)25/h5-10,12,16H,3-4,11,13H2,1-2H3,(H,26,32). The maximum Gasteiger partial charge on any atom is 0.573 e. The molecular formula is C22H23F3N6O2. The van der Waals surface area contributed by atoms with Gasteiger partial charge in [-0.3, -0.25) is 4.79 Å². The van der Waals surface area contributed by atoms with Crippen LogP contribution in [0.1, 0.15) is 24.2 Å². The molecule has 1 aliphatic heterocycles. The molecule has 0 radical (unpaired) electrons. The van der Waals surface area contributed by atoms with Crippen molar-refractivity contribution in [3.05, 3.63) is 53.9 Å². The third-order valence-electron chi connectivity index (χ3n) is 5.33. The highest BCUT2D eigenvalue weighted by Crippen LogP contribution is 2.26. The van der Waals surface area contributed by atoms with Crippen LogP contribution in [0.5, 0.6) is 5.75 Å². The van der Waals surface area contributed by atoms with Crippen molar-refractivity contribution >= 4 is 17.4 Å². The number of carbonyl (C=O) groups excluding carboxylic acids is 1. The number of aromatic nitrogens is 4. The zero-order valence-electron chi connectivity index (χ0n) is 18.1. The van der Waals surface area contributed by atoms with E-state index in [1.54, 1.807) is 4.68 Å². The van der Waals surface area contributed by atoms with E-state index >= 15 is 0 Å². The van der Waals surface area contributed by atoms with Crippen LogP contribution >= 0.6 is 0 Å². The van der Waals surface area contributed by atoms with Crippen LogP contribution in [0.15, 0.2) is 42.5 Å². The predicted molar refractivity (Wildman–Crippen MR) is 115 cm³/mol. The molecule has 3 aromatic rings. The number of aryl methyl sites for hydroxylation is 2. The van der Waals surface area contributed by atoms with Crippen molar-refractivity contribution in [1.29, 1.82) is 0 Å². The number of carbonyl (C=O) groups is 1. The van der Waals surface area contributed by atoms with Crippen molar-refractivity contribution in [1.82, 2.24) is 20.0 Å². The Balaban J connectivity index is 1.38. The first-order valence-electron chi connectivity index (χ1n) is 10.5. The third-order valence-corrected chi connectivity index (χ3v) is 5.33. The van der Waals surface area contributed by atoms with Gasteiger partial charge in [0.2, 0.25) is 5.91 Å². The lowest BCUT2D eigenvalue weighted by Gasteiger charge is -2.32. The minimum Gasteiger partial charge on any atom is -0.406 e. The average Bonchev–Trinajstić information content (AvgIpc) is 3.12. The monoisotopic (exact) mass is 460 g/mol. The lowest BCUT2D eigenvalue weighted by molar-refractivity contribution is -0.274. The molecule has 174 valence electrons. The minimum absolute atomic E-state index is 0.198. The van der Waals surface area contributed by atoms with Crippen LogP contribution in [-0.2, 0) is 4.79 Å². The Morgan fingerprint density at radius 1 is 1.09 bits per heavy atom. The van der Waals surface area contributed by atoms with E-state index in [4.69, 9.17) is 0 Å². The second kappa shape index (κ2) is 9.08. The summed E-state index contributed by atoms with van der Waals surface area (Å²) < 4.78 is 42.4. The number of nitrogens with one attached hydrogen (secondary N) is 1. The highest BCUT2D eigenvalue weighted by molar-refractivity contribution is 5.93. The number of anilines is 2. The molecule has 1 aromatic carbocycles. The summed E-state index contributed by atoms with van der Waals surface area (Å²) in [6.45, 7) is 5.07. The number of piperidine rings is 1. The van der Waals surface area contributed by atoms with E-state index in [0.29, 0.717) is 30.3 Å². The Morgan fingerprint density at radius 2 is 1.79 bits per heavy atom. The van der Waals surface area contributed by atoms with Crippen LogP contribution in [-0.4, -0.2) is 45.3 Å². The van der Waals surface area contributed by atoms with Crippen molar-refractivity contribution in [2.75, 3.05) is 23.3 Å². The molecule has 1 saturated heterocycles. The van der Waals surface area contributed by atoms with Gasteiger partial charge in [-0.15, -0.1) is 23.4 Å². The molecule has 33 heavy (non-hydrogen) atoms. The molecule has 8 nitrogen and oxygen atoms in total. The summed E-state index contributed by atoms with van der Waals surface area (Å²) in [4.78, 5) is 14.7. The Bertz CT molecular complexity index is 1110. The quantitative estimate of drug-likeness (QED) is 0.619. The molecule has 2 aromatic heterocycles. The van der Waals surface area contributed by atoms with E-state index in [2.05, 4.69) is 25.3 Å².